The van der Waals surface area contributed by atoms with Gasteiger partial charge in [-0.3, -0.25) is 4.79 Å². The molecule has 1 aliphatic heterocycles. The van der Waals surface area contributed by atoms with E-state index >= 15 is 0 Å². The normalized spacial score (nSPS) is 17.9. The number of halogens is 1. The van der Waals surface area contributed by atoms with Crippen LogP contribution in [0.4, 0.5) is 4.79 Å². The van der Waals surface area contributed by atoms with Gasteiger partial charge in [-0.15, -0.1) is 0 Å². The minimum atomic E-state index is -0.500. The van der Waals surface area contributed by atoms with E-state index in [1.807, 2.05) is 20.8 Å². The lowest BCUT2D eigenvalue weighted by atomic mass is 10.1. The maximum absolute atomic E-state index is 12.1. The summed E-state index contributed by atoms with van der Waals surface area (Å²) in [7, 11) is 0. The number of aromatic nitrogens is 1. The predicted octanol–water partition coefficient (Wildman–Crippen LogP) is 2.72. The van der Waals surface area contributed by atoms with Crippen LogP contribution in [0.1, 0.15) is 37.6 Å². The molecule has 0 aromatic carbocycles. The smallest absolute Gasteiger partial charge is 0.410 e. The molecule has 2 rings (SSSR count). The van der Waals surface area contributed by atoms with Crippen molar-refractivity contribution in [2.45, 2.75) is 32.8 Å². The molecule has 23 heavy (non-hydrogen) atoms. The van der Waals surface area contributed by atoms with Crippen molar-refractivity contribution in [3.05, 3.63) is 29.0 Å². The Morgan fingerprint density at radius 2 is 2.22 bits per heavy atom. The summed E-state index contributed by atoms with van der Waals surface area (Å²) < 4.78 is 5.35. The molecule has 0 spiro atoms. The molecule has 2 amide bonds. The van der Waals surface area contributed by atoms with Gasteiger partial charge in [0.15, 0.2) is 0 Å². The first-order chi connectivity index (χ1) is 10.8. The van der Waals surface area contributed by atoms with E-state index in [0.29, 0.717) is 25.2 Å². The Morgan fingerprint density at radius 3 is 2.87 bits per heavy atom. The van der Waals surface area contributed by atoms with Gasteiger partial charge in [-0.2, -0.15) is 0 Å². The quantitative estimate of drug-likeness (QED) is 0.859. The van der Waals surface area contributed by atoms with Gasteiger partial charge in [0.1, 0.15) is 10.8 Å². The average Bonchev–Trinajstić information content (AvgIpc) is 2.92. The van der Waals surface area contributed by atoms with Gasteiger partial charge in [-0.25, -0.2) is 9.78 Å². The molecular formula is C16H22ClN3O3. The molecule has 1 atom stereocenters. The molecule has 1 aromatic rings. The van der Waals surface area contributed by atoms with E-state index in [4.69, 9.17) is 16.3 Å². The fraction of sp³-hybridized carbons (Fsp3) is 0.562. The minimum absolute atomic E-state index is 0.187. The van der Waals surface area contributed by atoms with E-state index in [2.05, 4.69) is 10.3 Å². The molecule has 0 saturated carbocycles. The number of pyridine rings is 1. The Bertz CT molecular complexity index is 586. The topological polar surface area (TPSA) is 71.5 Å². The summed E-state index contributed by atoms with van der Waals surface area (Å²) in [5.41, 5.74) is -0.142. The minimum Gasteiger partial charge on any atom is -0.444 e. The third-order valence-corrected chi connectivity index (χ3v) is 3.79. The second-order valence-electron chi connectivity index (χ2n) is 6.63. The molecule has 1 unspecified atom stereocenters. The van der Waals surface area contributed by atoms with Crippen LogP contribution in [-0.2, 0) is 4.74 Å². The van der Waals surface area contributed by atoms with Crippen molar-refractivity contribution in [2.75, 3.05) is 19.6 Å². The van der Waals surface area contributed by atoms with Gasteiger partial charge in [-0.1, -0.05) is 11.6 Å². The summed E-state index contributed by atoms with van der Waals surface area (Å²) in [6.45, 7) is 7.24. The lowest BCUT2D eigenvalue weighted by Crippen LogP contribution is -2.36. The van der Waals surface area contributed by atoms with Gasteiger partial charge in [0.05, 0.1) is 5.56 Å². The Kier molecular flexibility index (Phi) is 5.46. The fourth-order valence-electron chi connectivity index (χ4n) is 2.38. The zero-order valence-electron chi connectivity index (χ0n) is 13.6. The van der Waals surface area contributed by atoms with Crippen molar-refractivity contribution in [2.24, 2.45) is 5.92 Å². The second kappa shape index (κ2) is 7.17. The molecule has 1 saturated heterocycles. The van der Waals surface area contributed by atoms with Gasteiger partial charge in [0.2, 0.25) is 0 Å². The van der Waals surface area contributed by atoms with Crippen LogP contribution in [0.5, 0.6) is 0 Å². The molecule has 0 radical (unpaired) electrons. The molecule has 0 aliphatic carbocycles. The van der Waals surface area contributed by atoms with Crippen LogP contribution < -0.4 is 5.32 Å². The molecule has 1 N–H and O–H groups in total. The highest BCUT2D eigenvalue weighted by Gasteiger charge is 2.30. The fourth-order valence-corrected chi connectivity index (χ4v) is 2.58. The van der Waals surface area contributed by atoms with Crippen molar-refractivity contribution < 1.29 is 14.3 Å². The predicted molar refractivity (Wildman–Crippen MR) is 87.5 cm³/mol. The van der Waals surface area contributed by atoms with E-state index < -0.39 is 5.60 Å². The van der Waals surface area contributed by atoms with Crippen molar-refractivity contribution in [1.82, 2.24) is 15.2 Å². The Balaban J connectivity index is 1.81. The van der Waals surface area contributed by atoms with E-state index in [1.165, 1.54) is 6.20 Å². The molecular weight excluding hydrogens is 318 g/mol. The molecule has 7 heteroatoms. The molecule has 126 valence electrons. The SMILES string of the molecule is CC(C)(C)OC(=O)N1CCC(CNC(=O)c2cccnc2Cl)C1. The number of nitrogens with zero attached hydrogens (tertiary/aromatic N) is 2. The number of hydrogen-bond acceptors (Lipinski definition) is 4. The van der Waals surface area contributed by atoms with Crippen molar-refractivity contribution in [3.63, 3.8) is 0 Å². The van der Waals surface area contributed by atoms with Gasteiger partial charge < -0.3 is 15.0 Å². The van der Waals surface area contributed by atoms with Crippen LogP contribution in [0.2, 0.25) is 5.15 Å². The number of carbonyl (C=O) groups excluding carboxylic acids is 2. The van der Waals surface area contributed by atoms with E-state index in [-0.39, 0.29) is 23.1 Å². The number of likely N-dealkylation sites (tertiary alicyclic amines) is 1. The number of nitrogens with one attached hydrogen (secondary N) is 1. The van der Waals surface area contributed by atoms with Gasteiger partial charge in [-0.05, 0) is 45.2 Å². The maximum atomic E-state index is 12.1. The molecule has 2 heterocycles. The summed E-state index contributed by atoms with van der Waals surface area (Å²) in [5, 5.41) is 3.03. The molecule has 6 nitrogen and oxygen atoms in total. The summed E-state index contributed by atoms with van der Waals surface area (Å²) in [5.74, 6) is -0.0410. The standard InChI is InChI=1S/C16H22ClN3O3/c1-16(2,3)23-15(22)20-8-6-11(10-20)9-19-14(21)12-5-4-7-18-13(12)17/h4-5,7,11H,6,8-10H2,1-3H3,(H,19,21). The van der Waals surface area contributed by atoms with Crippen LogP contribution >= 0.6 is 11.6 Å². The number of amides is 2. The molecule has 1 fully saturated rings. The van der Waals surface area contributed by atoms with Crippen LogP contribution in [0, 0.1) is 5.92 Å². The Morgan fingerprint density at radius 1 is 1.48 bits per heavy atom. The lowest BCUT2D eigenvalue weighted by molar-refractivity contribution is 0.0288. The van der Waals surface area contributed by atoms with Gasteiger partial charge in [0, 0.05) is 25.8 Å². The number of ether oxygens (including phenoxy) is 1. The zero-order valence-corrected chi connectivity index (χ0v) is 14.4. The number of carbonyl (C=O) groups is 2. The summed E-state index contributed by atoms with van der Waals surface area (Å²) in [4.78, 5) is 29.7. The second-order valence-corrected chi connectivity index (χ2v) is 6.99. The highest BCUT2D eigenvalue weighted by atomic mass is 35.5. The highest BCUT2D eigenvalue weighted by Crippen LogP contribution is 2.19. The lowest BCUT2D eigenvalue weighted by Gasteiger charge is -2.24. The summed E-state index contributed by atoms with van der Waals surface area (Å²) in [6, 6.07) is 3.30. The third-order valence-electron chi connectivity index (χ3n) is 3.49. The Labute approximate surface area is 141 Å². The van der Waals surface area contributed by atoms with E-state index in [9.17, 15) is 9.59 Å². The van der Waals surface area contributed by atoms with Crippen LogP contribution in [0.3, 0.4) is 0 Å². The average molecular weight is 340 g/mol. The molecule has 0 bridgehead atoms. The largest absolute Gasteiger partial charge is 0.444 e. The van der Waals surface area contributed by atoms with Crippen LogP contribution in [-0.4, -0.2) is 47.1 Å². The number of hydrogen-bond donors (Lipinski definition) is 1. The third kappa shape index (κ3) is 5.10. The summed E-state index contributed by atoms with van der Waals surface area (Å²) in [6.07, 6.45) is 2.07. The molecule has 1 aliphatic rings. The van der Waals surface area contributed by atoms with Crippen LogP contribution in [0.15, 0.2) is 18.3 Å². The van der Waals surface area contributed by atoms with Crippen molar-refractivity contribution in [3.8, 4) is 0 Å². The van der Waals surface area contributed by atoms with Gasteiger partial charge >= 0.3 is 6.09 Å². The maximum Gasteiger partial charge on any atom is 0.410 e. The molecule has 1 aromatic heterocycles. The monoisotopic (exact) mass is 339 g/mol. The number of rotatable bonds is 3. The Hall–Kier alpha value is -1.82. The van der Waals surface area contributed by atoms with Crippen molar-refractivity contribution >= 4 is 23.6 Å². The highest BCUT2D eigenvalue weighted by molar-refractivity contribution is 6.32. The van der Waals surface area contributed by atoms with E-state index in [0.717, 1.165) is 6.42 Å². The van der Waals surface area contributed by atoms with Gasteiger partial charge in [0.25, 0.3) is 5.91 Å². The first-order valence-electron chi connectivity index (χ1n) is 7.63. The zero-order chi connectivity index (χ0) is 17.0. The van der Waals surface area contributed by atoms with Crippen molar-refractivity contribution in [1.29, 1.82) is 0 Å². The summed E-state index contributed by atoms with van der Waals surface area (Å²) >= 11 is 5.90. The van der Waals surface area contributed by atoms with E-state index in [1.54, 1.807) is 17.0 Å². The van der Waals surface area contributed by atoms with Crippen LogP contribution in [0.25, 0.3) is 0 Å². The first kappa shape index (κ1) is 17.5. The first-order valence-corrected chi connectivity index (χ1v) is 8.00.